The van der Waals surface area contributed by atoms with Gasteiger partial charge in [0.25, 0.3) is 5.69 Å². The highest BCUT2D eigenvalue weighted by molar-refractivity contribution is 7.99. The molecule has 136 valence electrons. The van der Waals surface area contributed by atoms with Crippen LogP contribution in [-0.2, 0) is 0 Å². The van der Waals surface area contributed by atoms with Crippen LogP contribution in [-0.4, -0.2) is 28.0 Å². The average molecular weight is 375 g/mol. The minimum atomic E-state index is -0.706. The molecule has 9 heteroatoms. The number of hydrogen-bond donors (Lipinski definition) is 1. The Balaban J connectivity index is 1.98. The molecule has 0 bridgehead atoms. The molecule has 1 N–H and O–H groups in total. The average Bonchev–Trinajstić information content (AvgIpc) is 2.80. The highest BCUT2D eigenvalue weighted by Crippen LogP contribution is 2.38. The monoisotopic (exact) mass is 375 g/mol. The van der Waals surface area contributed by atoms with Gasteiger partial charge in [0.05, 0.1) is 10.6 Å². The minimum absolute atomic E-state index is 0.0121. The Morgan fingerprint density at radius 3 is 2.85 bits per heavy atom. The molecular formula is C17H15N2O6S-. The number of nitro benzene ring substituents is 1. The van der Waals surface area contributed by atoms with Crippen molar-refractivity contribution in [3.63, 3.8) is 0 Å². The van der Waals surface area contributed by atoms with E-state index in [1.54, 1.807) is 13.0 Å². The summed E-state index contributed by atoms with van der Waals surface area (Å²) in [4.78, 5) is 26.8. The fourth-order valence-electron chi connectivity index (χ4n) is 2.81. The number of aliphatic imine (C=N–C) groups is 1. The third-order valence-corrected chi connectivity index (χ3v) is 5.25. The van der Waals surface area contributed by atoms with Crippen LogP contribution in [0.5, 0.6) is 11.5 Å². The second-order valence-corrected chi connectivity index (χ2v) is 7.09. The second kappa shape index (κ2) is 7.20. The van der Waals surface area contributed by atoms with Crippen LogP contribution >= 0.6 is 11.8 Å². The van der Waals surface area contributed by atoms with Gasteiger partial charge in [0.2, 0.25) is 0 Å². The molecule has 0 spiro atoms. The third kappa shape index (κ3) is 3.57. The summed E-state index contributed by atoms with van der Waals surface area (Å²) in [6, 6.07) is 5.34. The van der Waals surface area contributed by atoms with Crippen LogP contribution in [0.3, 0.4) is 0 Å². The molecule has 1 aromatic heterocycles. The van der Waals surface area contributed by atoms with Crippen molar-refractivity contribution in [2.75, 3.05) is 12.3 Å². The minimum Gasteiger partial charge on any atom is -0.868 e. The molecule has 0 fully saturated rings. The predicted molar refractivity (Wildman–Crippen MR) is 95.1 cm³/mol. The Bertz CT molecular complexity index is 953. The van der Waals surface area contributed by atoms with Crippen LogP contribution < -0.4 is 10.7 Å². The van der Waals surface area contributed by atoms with E-state index < -0.39 is 22.0 Å². The van der Waals surface area contributed by atoms with Crippen molar-refractivity contribution in [2.45, 2.75) is 18.6 Å². The maximum absolute atomic E-state index is 12.2. The first-order valence-corrected chi connectivity index (χ1v) is 8.86. The molecule has 0 aliphatic carbocycles. The first-order valence-electron chi connectivity index (χ1n) is 7.81. The van der Waals surface area contributed by atoms with Crippen LogP contribution in [0.4, 0.5) is 5.69 Å². The zero-order chi connectivity index (χ0) is 18.8. The van der Waals surface area contributed by atoms with E-state index in [0.29, 0.717) is 23.6 Å². The molecule has 1 atom stereocenters. The molecule has 1 aliphatic rings. The van der Waals surface area contributed by atoms with Gasteiger partial charge in [-0.25, -0.2) is 4.79 Å². The third-order valence-electron chi connectivity index (χ3n) is 3.99. The lowest BCUT2D eigenvalue weighted by atomic mass is 10.0. The topological polar surface area (TPSA) is 129 Å². The SMILES string of the molecule is Cc1cc(O)c(C2=NCCS[C@@H](c3ccc([O-])c([N+](=O)[O-])c3)C2)c(=O)o1. The quantitative estimate of drug-likeness (QED) is 0.643. The number of nitrogens with zero attached hydrogens (tertiary/aromatic N) is 2. The zero-order valence-electron chi connectivity index (χ0n) is 13.8. The van der Waals surface area contributed by atoms with Crippen LogP contribution in [0.25, 0.3) is 0 Å². The molecule has 26 heavy (non-hydrogen) atoms. The lowest BCUT2D eigenvalue weighted by Gasteiger charge is -2.17. The van der Waals surface area contributed by atoms with E-state index in [0.717, 1.165) is 0 Å². The van der Waals surface area contributed by atoms with Gasteiger partial charge in [-0.3, -0.25) is 15.1 Å². The number of hydrogen-bond acceptors (Lipinski definition) is 8. The summed E-state index contributed by atoms with van der Waals surface area (Å²) in [6.45, 7) is 1.99. The summed E-state index contributed by atoms with van der Waals surface area (Å²) < 4.78 is 5.06. The predicted octanol–water partition coefficient (Wildman–Crippen LogP) is 2.30. The molecule has 1 aromatic carbocycles. The molecule has 8 nitrogen and oxygen atoms in total. The van der Waals surface area contributed by atoms with E-state index in [-0.39, 0.29) is 28.7 Å². The molecule has 2 heterocycles. The van der Waals surface area contributed by atoms with Gasteiger partial charge in [0, 0.05) is 36.1 Å². The normalized spacial score (nSPS) is 17.4. The van der Waals surface area contributed by atoms with Gasteiger partial charge in [-0.1, -0.05) is 12.1 Å². The number of aromatic hydroxyl groups is 1. The molecule has 0 unspecified atom stereocenters. The molecule has 1 aliphatic heterocycles. The lowest BCUT2D eigenvalue weighted by molar-refractivity contribution is -0.398. The number of aryl methyl sites for hydroxylation is 1. The fourth-order valence-corrected chi connectivity index (χ4v) is 3.90. The van der Waals surface area contributed by atoms with Gasteiger partial charge in [0.1, 0.15) is 17.1 Å². The van der Waals surface area contributed by atoms with Crippen molar-refractivity contribution in [1.82, 2.24) is 0 Å². The summed E-state index contributed by atoms with van der Waals surface area (Å²) in [7, 11) is 0. The Hall–Kier alpha value is -2.81. The first kappa shape index (κ1) is 18.0. The van der Waals surface area contributed by atoms with Crippen molar-refractivity contribution in [2.24, 2.45) is 4.99 Å². The van der Waals surface area contributed by atoms with E-state index in [2.05, 4.69) is 4.99 Å². The summed E-state index contributed by atoms with van der Waals surface area (Å²) in [5, 5.41) is 32.5. The molecule has 0 amide bonds. The number of benzene rings is 1. The first-order chi connectivity index (χ1) is 12.4. The summed E-state index contributed by atoms with van der Waals surface area (Å²) in [5.74, 6) is 0.0733. The van der Waals surface area contributed by atoms with Gasteiger partial charge in [-0.2, -0.15) is 11.8 Å². The Morgan fingerprint density at radius 1 is 1.38 bits per heavy atom. The van der Waals surface area contributed by atoms with Gasteiger partial charge in [-0.05, 0) is 18.2 Å². The van der Waals surface area contributed by atoms with Crippen molar-refractivity contribution in [3.05, 3.63) is 61.7 Å². The number of rotatable bonds is 3. The lowest BCUT2D eigenvalue weighted by Crippen LogP contribution is -2.17. The molecule has 0 saturated carbocycles. The van der Waals surface area contributed by atoms with Gasteiger partial charge < -0.3 is 14.6 Å². The summed E-state index contributed by atoms with van der Waals surface area (Å²) in [5.41, 5.74) is -0.152. The van der Waals surface area contributed by atoms with E-state index in [1.165, 1.54) is 30.0 Å². The summed E-state index contributed by atoms with van der Waals surface area (Å²) in [6.07, 6.45) is 0.279. The fraction of sp³-hybridized carbons (Fsp3) is 0.294. The second-order valence-electron chi connectivity index (χ2n) is 5.78. The van der Waals surface area contributed by atoms with Crippen LogP contribution in [0.1, 0.15) is 28.6 Å². The Kier molecular flexibility index (Phi) is 4.99. The smallest absolute Gasteiger partial charge is 0.348 e. The molecule has 0 radical (unpaired) electrons. The molecular weight excluding hydrogens is 360 g/mol. The Labute approximate surface area is 152 Å². The van der Waals surface area contributed by atoms with Crippen molar-refractivity contribution in [1.29, 1.82) is 0 Å². The maximum Gasteiger partial charge on any atom is 0.348 e. The molecule has 0 saturated heterocycles. The van der Waals surface area contributed by atoms with Gasteiger partial charge >= 0.3 is 5.63 Å². The molecule has 2 aromatic rings. The van der Waals surface area contributed by atoms with Gasteiger partial charge in [-0.15, -0.1) is 0 Å². The van der Waals surface area contributed by atoms with E-state index in [4.69, 9.17) is 4.42 Å². The zero-order valence-corrected chi connectivity index (χ0v) is 14.6. The number of thioether (sulfide) groups is 1. The van der Waals surface area contributed by atoms with Crippen molar-refractivity contribution >= 4 is 23.2 Å². The number of nitro groups is 1. The maximum atomic E-state index is 12.2. The van der Waals surface area contributed by atoms with E-state index in [9.17, 15) is 25.1 Å². The van der Waals surface area contributed by atoms with Crippen molar-refractivity contribution < 1.29 is 19.6 Å². The van der Waals surface area contributed by atoms with Crippen LogP contribution in [0.15, 0.2) is 38.5 Å². The molecule has 3 rings (SSSR count). The van der Waals surface area contributed by atoms with E-state index in [1.807, 2.05) is 0 Å². The highest BCUT2D eigenvalue weighted by Gasteiger charge is 2.25. The van der Waals surface area contributed by atoms with Gasteiger partial charge in [0.15, 0.2) is 0 Å². The Morgan fingerprint density at radius 2 is 2.15 bits per heavy atom. The standard InChI is InChI=1S/C17H16N2O6S/c1-9-6-14(21)16(17(22)25-9)11-8-15(26-5-4-18-11)10-2-3-13(20)12(7-10)19(23)24/h2-3,6-7,15,20-21H,4-5,8H2,1H3/p-1/t15-/m1/s1. The van der Waals surface area contributed by atoms with Crippen molar-refractivity contribution in [3.8, 4) is 11.5 Å². The summed E-state index contributed by atoms with van der Waals surface area (Å²) >= 11 is 1.52. The van der Waals surface area contributed by atoms with Crippen LogP contribution in [0.2, 0.25) is 0 Å². The highest BCUT2D eigenvalue weighted by atomic mass is 32.2. The largest absolute Gasteiger partial charge is 0.868 e. The van der Waals surface area contributed by atoms with Crippen LogP contribution in [0, 0.1) is 17.0 Å². The van der Waals surface area contributed by atoms with E-state index >= 15 is 0 Å².